The number of anilines is 1. The van der Waals surface area contributed by atoms with Gasteiger partial charge in [-0.1, -0.05) is 48.0 Å². The van der Waals surface area contributed by atoms with Crippen molar-refractivity contribution in [2.24, 2.45) is 0 Å². The maximum atomic E-state index is 14.9. The first-order chi connectivity index (χ1) is 21.7. The van der Waals surface area contributed by atoms with Crippen LogP contribution in [0.15, 0.2) is 77.7 Å². The fraction of sp³-hybridized carbons (Fsp3) is 0.394. The summed E-state index contributed by atoms with van der Waals surface area (Å²) in [5.74, 6) is -0.486. The van der Waals surface area contributed by atoms with Crippen LogP contribution in [0.3, 0.4) is 0 Å². The number of para-hydroxylation sites is 1. The second-order valence-corrected chi connectivity index (χ2v) is 13.9. The highest BCUT2D eigenvalue weighted by Gasteiger charge is 2.58. The van der Waals surface area contributed by atoms with Crippen LogP contribution in [0.25, 0.3) is 0 Å². The number of piperazine rings is 1. The van der Waals surface area contributed by atoms with Crippen LogP contribution in [0.2, 0.25) is 5.02 Å². The lowest BCUT2D eigenvalue weighted by Crippen LogP contribution is -2.61. The smallest absolute Gasteiger partial charge is 0.318 e. The number of amides is 3. The Bertz CT molecular complexity index is 1680. The third-order valence-corrected chi connectivity index (χ3v) is 11.0. The van der Waals surface area contributed by atoms with Gasteiger partial charge < -0.3 is 19.9 Å². The standard InChI is InChI=1S/C33H38ClN5O5S.2ClH/c1-3-44-30-12-8-7-11-27(30)33(35-32(41)38-21-19-37(20-22-38)25-15-17-36(2)18-16-25)28-23-24(34)13-14-29(28)39(31(33)40)45(42,43)26-9-5-4-6-10-26;;/h4-14,23,25H,3,15-22H2,1-2H3,(H,35,41);2*1H. The van der Waals surface area contributed by atoms with E-state index in [0.29, 0.717) is 42.1 Å². The van der Waals surface area contributed by atoms with Gasteiger partial charge in [-0.15, -0.1) is 24.8 Å². The number of halogens is 3. The molecule has 3 heterocycles. The highest BCUT2D eigenvalue weighted by atomic mass is 35.5. The molecule has 10 nitrogen and oxygen atoms in total. The zero-order chi connectivity index (χ0) is 31.8. The molecule has 3 aliphatic heterocycles. The van der Waals surface area contributed by atoms with Crippen LogP contribution in [0.4, 0.5) is 10.5 Å². The van der Waals surface area contributed by atoms with Gasteiger partial charge in [-0.3, -0.25) is 9.69 Å². The lowest BCUT2D eigenvalue weighted by molar-refractivity contribution is -0.121. The van der Waals surface area contributed by atoms with Crippen molar-refractivity contribution in [1.29, 1.82) is 0 Å². The van der Waals surface area contributed by atoms with E-state index in [0.717, 1.165) is 43.3 Å². The molecule has 3 aliphatic rings. The van der Waals surface area contributed by atoms with Crippen LogP contribution >= 0.6 is 36.4 Å². The SMILES string of the molecule is CCOc1ccccc1C1(NC(=O)N2CCN(C3CCN(C)CC3)CC2)C(=O)N(S(=O)(=O)c2ccccc2)c2ccc(Cl)cc21.Cl.Cl. The number of carbonyl (C=O) groups excluding carboxylic acids is 2. The molecule has 0 radical (unpaired) electrons. The van der Waals surface area contributed by atoms with Crippen molar-refractivity contribution in [3.05, 3.63) is 88.9 Å². The van der Waals surface area contributed by atoms with Crippen LogP contribution < -0.4 is 14.4 Å². The van der Waals surface area contributed by atoms with Crippen molar-refractivity contribution >= 4 is 64.1 Å². The van der Waals surface area contributed by atoms with Crippen LogP contribution in [0, 0.1) is 0 Å². The predicted octanol–water partition coefficient (Wildman–Crippen LogP) is 4.98. The summed E-state index contributed by atoms with van der Waals surface area (Å²) < 4.78 is 35.0. The Morgan fingerprint density at radius 3 is 2.21 bits per heavy atom. The lowest BCUT2D eigenvalue weighted by atomic mass is 9.83. The van der Waals surface area contributed by atoms with Crippen molar-refractivity contribution in [1.82, 2.24) is 20.0 Å². The summed E-state index contributed by atoms with van der Waals surface area (Å²) in [6, 6.07) is 19.3. The van der Waals surface area contributed by atoms with Crippen molar-refractivity contribution in [2.75, 3.05) is 57.2 Å². The summed E-state index contributed by atoms with van der Waals surface area (Å²) in [5, 5.41) is 3.32. The molecule has 2 saturated heterocycles. The molecule has 0 bridgehead atoms. The van der Waals surface area contributed by atoms with Gasteiger partial charge in [0.05, 0.1) is 17.2 Å². The summed E-state index contributed by atoms with van der Waals surface area (Å²) in [7, 11) is -2.24. The van der Waals surface area contributed by atoms with E-state index in [4.69, 9.17) is 16.3 Å². The third kappa shape index (κ3) is 6.79. The fourth-order valence-corrected chi connectivity index (χ4v) is 8.35. The summed E-state index contributed by atoms with van der Waals surface area (Å²) in [5.41, 5.74) is -1.24. The average molecular weight is 725 g/mol. The highest BCUT2D eigenvalue weighted by molar-refractivity contribution is 7.93. The van der Waals surface area contributed by atoms with E-state index in [9.17, 15) is 18.0 Å². The maximum Gasteiger partial charge on any atom is 0.318 e. The van der Waals surface area contributed by atoms with Crippen LogP contribution in [-0.2, 0) is 20.4 Å². The first-order valence-electron chi connectivity index (χ1n) is 15.3. The molecular formula is C33H40Cl3N5O5S. The number of urea groups is 1. The van der Waals surface area contributed by atoms with E-state index in [1.807, 2.05) is 6.92 Å². The number of fused-ring (bicyclic) bond motifs is 1. The van der Waals surface area contributed by atoms with Gasteiger partial charge in [-0.2, -0.15) is 4.31 Å². The van der Waals surface area contributed by atoms with Gasteiger partial charge in [0.15, 0.2) is 5.54 Å². The van der Waals surface area contributed by atoms with Gasteiger partial charge in [0.2, 0.25) is 0 Å². The molecule has 3 amide bonds. The van der Waals surface area contributed by atoms with Gasteiger partial charge in [0, 0.05) is 48.4 Å². The van der Waals surface area contributed by atoms with Gasteiger partial charge in [0.1, 0.15) is 5.75 Å². The van der Waals surface area contributed by atoms with E-state index >= 15 is 0 Å². The molecule has 47 heavy (non-hydrogen) atoms. The molecule has 1 atom stereocenters. The van der Waals surface area contributed by atoms with E-state index in [2.05, 4.69) is 22.2 Å². The highest BCUT2D eigenvalue weighted by Crippen LogP contribution is 2.50. The molecule has 2 fully saturated rings. The Hall–Kier alpha value is -3.06. The molecule has 1 N–H and O–H groups in total. The Morgan fingerprint density at radius 2 is 1.55 bits per heavy atom. The molecule has 1 unspecified atom stereocenters. The average Bonchev–Trinajstić information content (AvgIpc) is 3.30. The first kappa shape index (κ1) is 36.8. The molecular weight excluding hydrogens is 685 g/mol. The van der Waals surface area contributed by atoms with E-state index in [-0.39, 0.29) is 41.0 Å². The number of carbonyl (C=O) groups is 2. The molecule has 254 valence electrons. The normalized spacial score (nSPS) is 20.6. The predicted molar refractivity (Wildman–Crippen MR) is 188 cm³/mol. The molecule has 0 aromatic heterocycles. The summed E-state index contributed by atoms with van der Waals surface area (Å²) >= 11 is 6.51. The molecule has 14 heteroatoms. The quantitative estimate of drug-likeness (QED) is 0.367. The molecule has 3 aromatic rings. The Balaban J connectivity index is 0.00000250. The van der Waals surface area contributed by atoms with E-state index in [1.54, 1.807) is 53.4 Å². The lowest BCUT2D eigenvalue weighted by Gasteiger charge is -2.43. The number of hydrogen-bond acceptors (Lipinski definition) is 7. The van der Waals surface area contributed by atoms with Crippen molar-refractivity contribution < 1.29 is 22.7 Å². The Morgan fingerprint density at radius 1 is 0.915 bits per heavy atom. The number of nitrogens with one attached hydrogen (secondary N) is 1. The Kier molecular flexibility index (Phi) is 11.7. The number of sulfonamides is 1. The van der Waals surface area contributed by atoms with Gasteiger partial charge >= 0.3 is 6.03 Å². The van der Waals surface area contributed by atoms with Gasteiger partial charge in [0.25, 0.3) is 15.9 Å². The maximum absolute atomic E-state index is 14.9. The number of benzene rings is 3. The van der Waals surface area contributed by atoms with Gasteiger partial charge in [-0.25, -0.2) is 13.2 Å². The number of hydrogen-bond donors (Lipinski definition) is 1. The Labute approximate surface area is 293 Å². The van der Waals surface area contributed by atoms with Crippen LogP contribution in [0.1, 0.15) is 30.9 Å². The number of likely N-dealkylation sites (tertiary alicyclic amines) is 1. The zero-order valence-electron chi connectivity index (χ0n) is 26.3. The third-order valence-electron chi connectivity index (χ3n) is 9.06. The monoisotopic (exact) mass is 723 g/mol. The first-order valence-corrected chi connectivity index (χ1v) is 17.2. The number of ether oxygens (including phenoxy) is 1. The minimum absolute atomic E-state index is 0. The number of piperidine rings is 1. The minimum Gasteiger partial charge on any atom is -0.493 e. The molecule has 6 rings (SSSR count). The summed E-state index contributed by atoms with van der Waals surface area (Å²) in [6.07, 6.45) is 2.19. The summed E-state index contributed by atoms with van der Waals surface area (Å²) in [6.45, 7) is 6.61. The number of rotatable bonds is 7. The topological polar surface area (TPSA) is 102 Å². The zero-order valence-corrected chi connectivity index (χ0v) is 29.5. The van der Waals surface area contributed by atoms with E-state index < -0.39 is 27.5 Å². The van der Waals surface area contributed by atoms with E-state index in [1.165, 1.54) is 24.3 Å². The van der Waals surface area contributed by atoms with Crippen LogP contribution in [-0.4, -0.2) is 94.0 Å². The number of nitrogens with zero attached hydrogens (tertiary/aromatic N) is 4. The van der Waals surface area contributed by atoms with Crippen molar-refractivity contribution in [3.8, 4) is 5.75 Å². The molecule has 0 aliphatic carbocycles. The van der Waals surface area contributed by atoms with Crippen LogP contribution in [0.5, 0.6) is 5.75 Å². The second-order valence-electron chi connectivity index (χ2n) is 11.7. The van der Waals surface area contributed by atoms with Gasteiger partial charge in [-0.05, 0) is 76.3 Å². The second kappa shape index (κ2) is 15.0. The summed E-state index contributed by atoms with van der Waals surface area (Å²) in [4.78, 5) is 35.5. The van der Waals surface area contributed by atoms with Crippen molar-refractivity contribution in [2.45, 2.75) is 36.2 Å². The largest absolute Gasteiger partial charge is 0.493 e. The molecule has 3 aromatic carbocycles. The fourth-order valence-electron chi connectivity index (χ4n) is 6.70. The minimum atomic E-state index is -4.38. The molecule has 0 saturated carbocycles. The molecule has 0 spiro atoms. The van der Waals surface area contributed by atoms with Crippen molar-refractivity contribution in [3.63, 3.8) is 0 Å².